The summed E-state index contributed by atoms with van der Waals surface area (Å²) in [6.45, 7) is 12.7. The van der Waals surface area contributed by atoms with Crippen LogP contribution in [-0.4, -0.2) is 125 Å². The van der Waals surface area contributed by atoms with Crippen molar-refractivity contribution in [3.63, 3.8) is 0 Å². The van der Waals surface area contributed by atoms with Gasteiger partial charge < -0.3 is 39.5 Å². The van der Waals surface area contributed by atoms with Crippen LogP contribution in [0.15, 0.2) is 24.3 Å². The second kappa shape index (κ2) is 17.5. The van der Waals surface area contributed by atoms with Gasteiger partial charge in [-0.25, -0.2) is 9.78 Å². The van der Waals surface area contributed by atoms with E-state index in [0.717, 1.165) is 18.4 Å². The van der Waals surface area contributed by atoms with E-state index in [9.17, 15) is 28.8 Å². The van der Waals surface area contributed by atoms with E-state index >= 15 is 0 Å². The molecule has 5 amide bonds. The van der Waals surface area contributed by atoms with Crippen molar-refractivity contribution in [2.45, 2.75) is 104 Å². The third-order valence-corrected chi connectivity index (χ3v) is 9.69. The van der Waals surface area contributed by atoms with Crippen LogP contribution in [0.25, 0.3) is 10.9 Å². The highest BCUT2D eigenvalue weighted by atomic mass is 16.6. The molecule has 1 saturated carbocycles. The van der Waals surface area contributed by atoms with Gasteiger partial charge in [0.2, 0.25) is 11.8 Å². The summed E-state index contributed by atoms with van der Waals surface area (Å²) in [5.41, 5.74) is 0.543. The van der Waals surface area contributed by atoms with Gasteiger partial charge in [-0.3, -0.25) is 24.0 Å². The number of carbonyl (C=O) groups excluding carboxylic acids is 6. The molecule has 15 heteroatoms. The number of piperazine rings is 1. The Morgan fingerprint density at radius 3 is 2.31 bits per heavy atom. The summed E-state index contributed by atoms with van der Waals surface area (Å²) in [7, 11) is 0. The van der Waals surface area contributed by atoms with Crippen LogP contribution >= 0.6 is 0 Å². The predicted octanol–water partition coefficient (Wildman–Crippen LogP) is 3.35. The zero-order valence-corrected chi connectivity index (χ0v) is 32.3. The Bertz CT molecular complexity index is 1730. The van der Waals surface area contributed by atoms with Gasteiger partial charge in [0.05, 0.1) is 12.1 Å². The first-order chi connectivity index (χ1) is 25.6. The van der Waals surface area contributed by atoms with Crippen molar-refractivity contribution >= 4 is 46.6 Å². The Balaban J connectivity index is 1.34. The predicted molar refractivity (Wildman–Crippen MR) is 199 cm³/mol. The summed E-state index contributed by atoms with van der Waals surface area (Å²) in [5, 5.41) is 6.36. The van der Waals surface area contributed by atoms with Crippen LogP contribution in [0.1, 0.15) is 89.2 Å². The SMILES string of the molecule is CCOC(=O)N1CCN(C(=O)C(CCC(=O)OC(C)(C)C)NC(=O)c2cc(O[C@H](C)C(=O)N3CCCC3C(=O)NCC3CC3)c3ccc(C)cc3n2)CC1. The molecule has 0 radical (unpaired) electrons. The van der Waals surface area contributed by atoms with Crippen molar-refractivity contribution in [1.29, 1.82) is 0 Å². The quantitative estimate of drug-likeness (QED) is 0.289. The number of nitrogens with one attached hydrogen (secondary N) is 2. The fourth-order valence-corrected chi connectivity index (χ4v) is 6.67. The van der Waals surface area contributed by atoms with Gasteiger partial charge in [-0.2, -0.15) is 0 Å². The van der Waals surface area contributed by atoms with E-state index in [1.54, 1.807) is 56.6 Å². The molecule has 1 aromatic heterocycles. The highest BCUT2D eigenvalue weighted by molar-refractivity contribution is 6.00. The van der Waals surface area contributed by atoms with Gasteiger partial charge in [0, 0.05) is 57.1 Å². The van der Waals surface area contributed by atoms with Crippen molar-refractivity contribution in [2.75, 3.05) is 45.9 Å². The Hall–Kier alpha value is -4.95. The maximum atomic E-state index is 14.0. The number of benzene rings is 1. The molecule has 294 valence electrons. The Morgan fingerprint density at radius 1 is 0.944 bits per heavy atom. The first-order valence-electron chi connectivity index (χ1n) is 19.0. The topological polar surface area (TPSA) is 177 Å². The highest BCUT2D eigenvalue weighted by Crippen LogP contribution is 2.30. The first kappa shape index (κ1) is 40.2. The van der Waals surface area contributed by atoms with Crippen LogP contribution in [0.2, 0.25) is 0 Å². The number of aryl methyl sites for hydroxylation is 1. The molecular weight excluding hydrogens is 696 g/mol. The van der Waals surface area contributed by atoms with Crippen molar-refractivity contribution in [3.05, 3.63) is 35.5 Å². The number of amides is 5. The number of fused-ring (bicyclic) bond motifs is 1. The molecule has 3 atom stereocenters. The Morgan fingerprint density at radius 2 is 1.65 bits per heavy atom. The molecule has 5 rings (SSSR count). The zero-order valence-electron chi connectivity index (χ0n) is 32.3. The number of pyridine rings is 1. The molecule has 2 saturated heterocycles. The summed E-state index contributed by atoms with van der Waals surface area (Å²) in [4.78, 5) is 88.7. The minimum Gasteiger partial charge on any atom is -0.480 e. The molecule has 1 aliphatic carbocycles. The fraction of sp³-hybridized carbons (Fsp3) is 0.615. The summed E-state index contributed by atoms with van der Waals surface area (Å²) in [6.07, 6.45) is 1.88. The molecule has 15 nitrogen and oxygen atoms in total. The number of nitrogens with zero attached hydrogens (tertiary/aromatic N) is 4. The number of rotatable bonds is 13. The molecule has 2 N–H and O–H groups in total. The van der Waals surface area contributed by atoms with Gasteiger partial charge in [0.1, 0.15) is 29.1 Å². The van der Waals surface area contributed by atoms with Gasteiger partial charge in [-0.05, 0) is 97.3 Å². The zero-order chi connectivity index (χ0) is 39.2. The maximum absolute atomic E-state index is 14.0. The molecule has 2 aliphatic heterocycles. The summed E-state index contributed by atoms with van der Waals surface area (Å²) < 4.78 is 16.8. The third-order valence-electron chi connectivity index (χ3n) is 9.69. The third kappa shape index (κ3) is 10.6. The lowest BCUT2D eigenvalue weighted by atomic mass is 10.1. The molecule has 3 fully saturated rings. The maximum Gasteiger partial charge on any atom is 0.409 e. The molecule has 0 spiro atoms. The normalized spacial score (nSPS) is 18.5. The van der Waals surface area contributed by atoms with Crippen molar-refractivity contribution in [2.24, 2.45) is 5.92 Å². The molecule has 1 aromatic carbocycles. The second-order valence-electron chi connectivity index (χ2n) is 15.3. The Labute approximate surface area is 316 Å². The van der Waals surface area contributed by atoms with E-state index in [1.807, 2.05) is 13.0 Å². The Kier molecular flexibility index (Phi) is 13.0. The van der Waals surface area contributed by atoms with Crippen molar-refractivity contribution in [3.8, 4) is 5.75 Å². The largest absolute Gasteiger partial charge is 0.480 e. The van der Waals surface area contributed by atoms with Crippen LogP contribution < -0.4 is 15.4 Å². The molecular formula is C39H54N6O9. The lowest BCUT2D eigenvalue weighted by Crippen LogP contribution is -2.56. The molecule has 3 heterocycles. The number of aromatic nitrogens is 1. The van der Waals surface area contributed by atoms with E-state index in [-0.39, 0.29) is 68.9 Å². The molecule has 2 aromatic rings. The highest BCUT2D eigenvalue weighted by Gasteiger charge is 2.38. The average Bonchev–Trinajstić information content (AvgIpc) is 3.83. The fourth-order valence-electron chi connectivity index (χ4n) is 6.67. The number of esters is 1. The molecule has 0 bridgehead atoms. The molecule has 2 unspecified atom stereocenters. The van der Waals surface area contributed by atoms with E-state index in [0.29, 0.717) is 42.8 Å². The van der Waals surface area contributed by atoms with Gasteiger partial charge >= 0.3 is 12.1 Å². The number of hydrogen-bond acceptors (Lipinski definition) is 10. The minimum atomic E-state index is -1.11. The van der Waals surface area contributed by atoms with Gasteiger partial charge in [-0.1, -0.05) is 6.07 Å². The van der Waals surface area contributed by atoms with E-state index in [4.69, 9.17) is 14.2 Å². The van der Waals surface area contributed by atoms with Gasteiger partial charge in [0.25, 0.3) is 11.8 Å². The van der Waals surface area contributed by atoms with E-state index in [2.05, 4.69) is 15.6 Å². The lowest BCUT2D eigenvalue weighted by molar-refractivity contribution is -0.155. The van der Waals surface area contributed by atoms with Crippen LogP contribution in [0, 0.1) is 12.8 Å². The number of carbonyl (C=O) groups is 6. The van der Waals surface area contributed by atoms with Gasteiger partial charge in [0.15, 0.2) is 6.10 Å². The number of likely N-dealkylation sites (tertiary alicyclic amines) is 1. The van der Waals surface area contributed by atoms with E-state index in [1.165, 1.54) is 11.0 Å². The lowest BCUT2D eigenvalue weighted by Gasteiger charge is -2.36. The van der Waals surface area contributed by atoms with Crippen LogP contribution in [0.4, 0.5) is 4.79 Å². The second-order valence-corrected chi connectivity index (χ2v) is 15.3. The summed E-state index contributed by atoms with van der Waals surface area (Å²) in [5.74, 6) is -1.34. The van der Waals surface area contributed by atoms with Crippen molar-refractivity contribution in [1.82, 2.24) is 30.3 Å². The van der Waals surface area contributed by atoms with Crippen molar-refractivity contribution < 1.29 is 43.0 Å². The molecule has 3 aliphatic rings. The van der Waals surface area contributed by atoms with E-state index < -0.39 is 47.7 Å². The number of ether oxygens (including phenoxy) is 3. The standard InChI is InChI=1S/C39H54N6O9/c1-7-52-38(51)44-19-17-43(18-20-44)37(50)28(14-15-33(46)54-39(4,5)6)42-34(47)30-22-32(27-13-10-24(2)21-29(27)41-30)53-25(3)36(49)45-16-8-9-31(45)35(48)40-23-26-11-12-26/h10,13,21-22,25-26,28,31H,7-9,11-12,14-20,23H2,1-6H3,(H,40,48)(H,42,47)/t25-,28?,31?/m1/s1. The monoisotopic (exact) mass is 750 g/mol. The first-order valence-corrected chi connectivity index (χ1v) is 19.0. The van der Waals surface area contributed by atoms with Gasteiger partial charge in [-0.15, -0.1) is 0 Å². The van der Waals surface area contributed by atoms with Crippen LogP contribution in [0.5, 0.6) is 5.75 Å². The van der Waals surface area contributed by atoms with Crippen LogP contribution in [-0.2, 0) is 28.7 Å². The number of hydrogen-bond donors (Lipinski definition) is 2. The van der Waals surface area contributed by atoms with Crippen LogP contribution in [0.3, 0.4) is 0 Å². The minimum absolute atomic E-state index is 0.0373. The molecule has 54 heavy (non-hydrogen) atoms. The average molecular weight is 751 g/mol. The summed E-state index contributed by atoms with van der Waals surface area (Å²) >= 11 is 0. The summed E-state index contributed by atoms with van der Waals surface area (Å²) in [6, 6.07) is 5.23. The smallest absolute Gasteiger partial charge is 0.409 e.